The van der Waals surface area contributed by atoms with Crippen molar-refractivity contribution in [3.05, 3.63) is 16.2 Å². The molecule has 1 rings (SSSR count). The molecule has 1 aromatic heterocycles. The molecule has 1 amide bonds. The van der Waals surface area contributed by atoms with Crippen molar-refractivity contribution in [2.45, 2.75) is 23.6 Å². The molecule has 0 aliphatic rings. The molecule has 0 bridgehead atoms. The van der Waals surface area contributed by atoms with Gasteiger partial charge in [-0.25, -0.2) is 13.1 Å². The summed E-state index contributed by atoms with van der Waals surface area (Å²) >= 11 is 0.580. The highest BCUT2D eigenvalue weighted by Crippen LogP contribution is 2.34. The maximum absolute atomic E-state index is 11.9. The summed E-state index contributed by atoms with van der Waals surface area (Å²) in [5.41, 5.74) is 9.83. The van der Waals surface area contributed by atoms with Gasteiger partial charge in [0.05, 0.1) is 4.92 Å². The molecule has 9 nitrogen and oxygen atoms in total. The number of sulfonamides is 1. The van der Waals surface area contributed by atoms with Crippen molar-refractivity contribution in [2.24, 2.45) is 5.73 Å². The zero-order valence-corrected chi connectivity index (χ0v) is 11.5. The van der Waals surface area contributed by atoms with Crippen LogP contribution in [0.5, 0.6) is 0 Å². The molecular formula is C8H12N4O5S2. The van der Waals surface area contributed by atoms with Crippen LogP contribution in [0.25, 0.3) is 0 Å². The smallest absolute Gasteiger partial charge is 0.304 e. The van der Waals surface area contributed by atoms with Crippen LogP contribution in [-0.2, 0) is 14.8 Å². The lowest BCUT2D eigenvalue weighted by Crippen LogP contribution is -2.35. The van der Waals surface area contributed by atoms with Crippen LogP contribution in [0.1, 0.15) is 13.3 Å². The number of nitrogen functional groups attached to an aromatic ring is 1. The minimum Gasteiger partial charge on any atom is -0.385 e. The van der Waals surface area contributed by atoms with Gasteiger partial charge < -0.3 is 11.5 Å². The standard InChI is InChI=1S/C8H12N4O5S2/c1-4(2-6(9)13)11-19(16,17)7-3-5(12(14)15)8(10)18-7/h3-4,11H,2,10H2,1H3,(H2,9,13). The van der Waals surface area contributed by atoms with E-state index in [4.69, 9.17) is 11.5 Å². The lowest BCUT2D eigenvalue weighted by molar-refractivity contribution is -0.383. The van der Waals surface area contributed by atoms with E-state index in [1.807, 2.05) is 0 Å². The topological polar surface area (TPSA) is 158 Å². The maximum atomic E-state index is 11.9. The second-order valence-corrected chi connectivity index (χ2v) is 6.79. The molecule has 0 radical (unpaired) electrons. The normalized spacial score (nSPS) is 13.1. The molecule has 0 aliphatic carbocycles. The Labute approximate surface area is 112 Å². The summed E-state index contributed by atoms with van der Waals surface area (Å²) in [4.78, 5) is 20.5. The van der Waals surface area contributed by atoms with E-state index in [0.29, 0.717) is 11.3 Å². The van der Waals surface area contributed by atoms with Gasteiger partial charge in [0, 0.05) is 18.5 Å². The van der Waals surface area contributed by atoms with Crippen LogP contribution >= 0.6 is 11.3 Å². The molecule has 0 aromatic carbocycles. The number of amides is 1. The molecule has 0 saturated heterocycles. The average molecular weight is 308 g/mol. The van der Waals surface area contributed by atoms with Crippen LogP contribution < -0.4 is 16.2 Å². The summed E-state index contributed by atoms with van der Waals surface area (Å²) in [5, 5.41) is 10.4. The van der Waals surface area contributed by atoms with E-state index in [1.54, 1.807) is 0 Å². The summed E-state index contributed by atoms with van der Waals surface area (Å²) in [6.07, 6.45) is -0.178. The van der Waals surface area contributed by atoms with Crippen molar-refractivity contribution in [2.75, 3.05) is 5.73 Å². The van der Waals surface area contributed by atoms with Crippen molar-refractivity contribution < 1.29 is 18.1 Å². The number of rotatable bonds is 6. The van der Waals surface area contributed by atoms with Gasteiger partial charge in [-0.05, 0) is 6.92 Å². The third-order valence-electron chi connectivity index (χ3n) is 2.04. The molecule has 106 valence electrons. The molecule has 1 heterocycles. The van der Waals surface area contributed by atoms with E-state index in [2.05, 4.69) is 4.72 Å². The van der Waals surface area contributed by atoms with E-state index < -0.39 is 32.6 Å². The Balaban J connectivity index is 2.98. The maximum Gasteiger partial charge on any atom is 0.304 e. The van der Waals surface area contributed by atoms with E-state index >= 15 is 0 Å². The summed E-state index contributed by atoms with van der Waals surface area (Å²) in [7, 11) is -3.96. The number of nitrogens with zero attached hydrogens (tertiary/aromatic N) is 1. The van der Waals surface area contributed by atoms with Gasteiger partial charge in [0.2, 0.25) is 5.91 Å². The second-order valence-electron chi connectivity index (χ2n) is 3.76. The first-order valence-electron chi connectivity index (χ1n) is 4.98. The highest BCUT2D eigenvalue weighted by Gasteiger charge is 2.26. The van der Waals surface area contributed by atoms with Crippen LogP contribution in [0.4, 0.5) is 10.7 Å². The number of nitro groups is 1. The van der Waals surface area contributed by atoms with E-state index in [9.17, 15) is 23.3 Å². The van der Waals surface area contributed by atoms with Crippen molar-refractivity contribution >= 4 is 38.0 Å². The zero-order valence-electron chi connectivity index (χ0n) is 9.82. The molecule has 5 N–H and O–H groups in total. The zero-order chi connectivity index (χ0) is 14.8. The predicted molar refractivity (Wildman–Crippen MR) is 69.0 cm³/mol. The van der Waals surface area contributed by atoms with Crippen LogP contribution in [0.3, 0.4) is 0 Å². The quantitative estimate of drug-likeness (QED) is 0.486. The minimum atomic E-state index is -3.96. The summed E-state index contributed by atoms with van der Waals surface area (Å²) in [6.45, 7) is 1.45. The molecule has 19 heavy (non-hydrogen) atoms. The lowest BCUT2D eigenvalue weighted by Gasteiger charge is -2.10. The molecular weight excluding hydrogens is 296 g/mol. The highest BCUT2D eigenvalue weighted by atomic mass is 32.2. The van der Waals surface area contributed by atoms with Gasteiger partial charge in [-0.2, -0.15) is 0 Å². The number of thiophene rings is 1. The Kier molecular flexibility index (Phi) is 4.44. The Morgan fingerprint density at radius 1 is 1.63 bits per heavy atom. The van der Waals surface area contributed by atoms with E-state index in [-0.39, 0.29) is 15.6 Å². The van der Waals surface area contributed by atoms with Gasteiger partial charge in [0.1, 0.15) is 4.21 Å². The van der Waals surface area contributed by atoms with Gasteiger partial charge in [0.25, 0.3) is 10.0 Å². The van der Waals surface area contributed by atoms with E-state index in [0.717, 1.165) is 6.07 Å². The number of nitrogens with one attached hydrogen (secondary N) is 1. The molecule has 11 heteroatoms. The monoisotopic (exact) mass is 308 g/mol. The molecule has 0 aliphatic heterocycles. The minimum absolute atomic E-state index is 0.178. The second kappa shape index (κ2) is 5.50. The SMILES string of the molecule is CC(CC(N)=O)NS(=O)(=O)c1cc([N+](=O)[O-])c(N)s1. The third kappa shape index (κ3) is 3.87. The van der Waals surface area contributed by atoms with Gasteiger partial charge >= 0.3 is 5.69 Å². The van der Waals surface area contributed by atoms with Crippen molar-refractivity contribution in [3.8, 4) is 0 Å². The lowest BCUT2D eigenvalue weighted by atomic mass is 10.2. The first kappa shape index (κ1) is 15.3. The number of hydrogen-bond acceptors (Lipinski definition) is 7. The van der Waals surface area contributed by atoms with Crippen molar-refractivity contribution in [1.82, 2.24) is 4.72 Å². The van der Waals surface area contributed by atoms with E-state index in [1.165, 1.54) is 6.92 Å². The largest absolute Gasteiger partial charge is 0.385 e. The molecule has 0 fully saturated rings. The highest BCUT2D eigenvalue weighted by molar-refractivity contribution is 7.91. The van der Waals surface area contributed by atoms with Gasteiger partial charge in [-0.3, -0.25) is 14.9 Å². The number of primary amides is 1. The van der Waals surface area contributed by atoms with Gasteiger partial charge in [0.15, 0.2) is 5.00 Å². The number of hydrogen-bond donors (Lipinski definition) is 3. The summed E-state index contributed by atoms with van der Waals surface area (Å²) < 4.78 is 25.7. The fourth-order valence-corrected chi connectivity index (χ4v) is 3.79. The van der Waals surface area contributed by atoms with Crippen molar-refractivity contribution in [3.63, 3.8) is 0 Å². The number of carbonyl (C=O) groups is 1. The fourth-order valence-electron chi connectivity index (χ4n) is 1.31. The summed E-state index contributed by atoms with van der Waals surface area (Å²) in [6, 6.07) is 0.157. The molecule has 0 spiro atoms. The first-order valence-corrected chi connectivity index (χ1v) is 7.27. The number of carbonyl (C=O) groups excluding carboxylic acids is 1. The molecule has 1 unspecified atom stereocenters. The van der Waals surface area contributed by atoms with Gasteiger partial charge in [-0.15, -0.1) is 0 Å². The number of nitrogens with two attached hydrogens (primary N) is 2. The Morgan fingerprint density at radius 3 is 2.63 bits per heavy atom. The Morgan fingerprint density at radius 2 is 2.21 bits per heavy atom. The fraction of sp³-hybridized carbons (Fsp3) is 0.375. The Hall–Kier alpha value is -1.72. The molecule has 1 aromatic rings. The predicted octanol–water partition coefficient (Wildman–Crippen LogP) is -0.219. The van der Waals surface area contributed by atoms with Crippen molar-refractivity contribution in [1.29, 1.82) is 0 Å². The van der Waals surface area contributed by atoms with Crippen LogP contribution in [0.2, 0.25) is 0 Å². The summed E-state index contributed by atoms with van der Waals surface area (Å²) in [5.74, 6) is -0.660. The molecule has 1 atom stereocenters. The van der Waals surface area contributed by atoms with Gasteiger partial charge in [-0.1, -0.05) is 11.3 Å². The van der Waals surface area contributed by atoms with Crippen LogP contribution in [0, 0.1) is 10.1 Å². The Bertz CT molecular complexity index is 609. The average Bonchev–Trinajstić information content (AvgIpc) is 2.58. The molecule has 0 saturated carbocycles. The number of anilines is 1. The van der Waals surface area contributed by atoms with Crippen LogP contribution in [0.15, 0.2) is 10.3 Å². The third-order valence-corrected chi connectivity index (χ3v) is 5.06. The first-order chi connectivity index (χ1) is 8.63. The van der Waals surface area contributed by atoms with Crippen LogP contribution in [-0.4, -0.2) is 25.3 Å².